The van der Waals surface area contributed by atoms with Gasteiger partial charge in [0, 0.05) is 43.8 Å². The van der Waals surface area contributed by atoms with Gasteiger partial charge in [-0.2, -0.15) is 15.3 Å². The molecule has 0 unspecified atom stereocenters. The van der Waals surface area contributed by atoms with Crippen LogP contribution in [-0.2, 0) is 20.6 Å². The second-order valence-corrected chi connectivity index (χ2v) is 7.68. The molecule has 0 aliphatic rings. The van der Waals surface area contributed by atoms with Gasteiger partial charge < -0.3 is 15.1 Å². The van der Waals surface area contributed by atoms with E-state index < -0.39 is 11.8 Å². The van der Waals surface area contributed by atoms with E-state index in [1.165, 1.54) is 10.9 Å². The summed E-state index contributed by atoms with van der Waals surface area (Å²) in [4.78, 5) is 30.0. The molecule has 2 N–H and O–H groups in total. The first-order valence-corrected chi connectivity index (χ1v) is 10.4. The van der Waals surface area contributed by atoms with Crippen molar-refractivity contribution in [2.45, 2.75) is 13.5 Å². The van der Waals surface area contributed by atoms with Crippen LogP contribution in [0.3, 0.4) is 0 Å². The fourth-order valence-corrected chi connectivity index (χ4v) is 3.56. The topological polar surface area (TPSA) is 137 Å². The zero-order valence-corrected chi connectivity index (χ0v) is 18.7. The van der Waals surface area contributed by atoms with Crippen LogP contribution < -0.4 is 10.6 Å². The van der Waals surface area contributed by atoms with Crippen LogP contribution in [-0.4, -0.2) is 46.0 Å². The molecule has 172 valence electrons. The van der Waals surface area contributed by atoms with Crippen molar-refractivity contribution in [3.05, 3.63) is 72.0 Å². The normalized spacial score (nSPS) is 11.1. The first kappa shape index (κ1) is 21.1. The van der Waals surface area contributed by atoms with Crippen LogP contribution in [0.15, 0.2) is 53.5 Å². The minimum Gasteiger partial charge on any atom is -0.467 e. The lowest BCUT2D eigenvalue weighted by Crippen LogP contribution is -2.25. The zero-order chi connectivity index (χ0) is 23.8. The predicted octanol–water partition coefficient (Wildman–Crippen LogP) is 1.95. The molecule has 0 saturated carbocycles. The third kappa shape index (κ3) is 3.81. The van der Waals surface area contributed by atoms with Gasteiger partial charge in [-0.3, -0.25) is 19.0 Å². The number of fused-ring (bicyclic) bond motifs is 1. The van der Waals surface area contributed by atoms with Crippen LogP contribution >= 0.6 is 0 Å². The number of rotatable bonds is 6. The molecular weight excluding hydrogens is 438 g/mol. The van der Waals surface area contributed by atoms with E-state index >= 15 is 0 Å². The highest BCUT2D eigenvalue weighted by molar-refractivity contribution is 6.07. The van der Waals surface area contributed by atoms with Crippen LogP contribution in [0.5, 0.6) is 0 Å². The first-order chi connectivity index (χ1) is 16.4. The van der Waals surface area contributed by atoms with Gasteiger partial charge in [-0.25, -0.2) is 9.50 Å². The number of aromatic nitrogens is 7. The van der Waals surface area contributed by atoms with Crippen LogP contribution in [0.2, 0.25) is 0 Å². The second kappa shape index (κ2) is 8.31. The summed E-state index contributed by atoms with van der Waals surface area (Å²) in [6.45, 7) is 2.15. The number of amides is 2. The Morgan fingerprint density at radius 1 is 1.15 bits per heavy atom. The second-order valence-electron chi connectivity index (χ2n) is 7.68. The Morgan fingerprint density at radius 3 is 2.74 bits per heavy atom. The SMILES string of the molecule is Cc1c(-c2ccnc3cc(C(=O)Nc4cn(C)nc4C(=O)NCc4ccco4)nn23)cnn1C. The number of aryl methyl sites for hydroxylation is 2. The standard InChI is InChI=1S/C22H21N9O3/c1-13-15(11-25-30(13)3)18-6-7-23-19-9-16(27-31(18)19)21(32)26-17-12-29(2)28-20(17)22(33)24-10-14-5-4-8-34-14/h4-9,11-12H,10H2,1-3H3,(H,24,33)(H,26,32). The number of nitrogens with zero attached hydrogens (tertiary/aromatic N) is 7. The van der Waals surface area contributed by atoms with E-state index in [-0.39, 0.29) is 23.6 Å². The van der Waals surface area contributed by atoms with Crippen LogP contribution in [0, 0.1) is 6.92 Å². The molecule has 0 atom stereocenters. The molecule has 0 radical (unpaired) electrons. The Bertz CT molecular complexity index is 1510. The third-order valence-corrected chi connectivity index (χ3v) is 5.40. The summed E-state index contributed by atoms with van der Waals surface area (Å²) < 4.78 is 10.0. The minimum atomic E-state index is -0.493. The van der Waals surface area contributed by atoms with Crippen LogP contribution in [0.1, 0.15) is 32.4 Å². The van der Waals surface area contributed by atoms with Crippen molar-refractivity contribution in [2.24, 2.45) is 14.1 Å². The number of hydrogen-bond acceptors (Lipinski definition) is 7. The summed E-state index contributed by atoms with van der Waals surface area (Å²) in [5, 5.41) is 18.4. The van der Waals surface area contributed by atoms with E-state index in [1.54, 1.807) is 53.0 Å². The first-order valence-electron chi connectivity index (χ1n) is 10.4. The van der Waals surface area contributed by atoms with Gasteiger partial charge in [-0.1, -0.05) is 0 Å². The predicted molar refractivity (Wildman–Crippen MR) is 121 cm³/mol. The molecule has 2 amide bonds. The van der Waals surface area contributed by atoms with E-state index in [2.05, 4.69) is 30.9 Å². The van der Waals surface area contributed by atoms with Crippen LogP contribution in [0.4, 0.5) is 5.69 Å². The van der Waals surface area contributed by atoms with E-state index in [9.17, 15) is 9.59 Å². The van der Waals surface area contributed by atoms with Gasteiger partial charge in [-0.05, 0) is 25.1 Å². The molecule has 5 heterocycles. The van der Waals surface area contributed by atoms with Gasteiger partial charge in [0.2, 0.25) is 0 Å². The summed E-state index contributed by atoms with van der Waals surface area (Å²) in [5.41, 5.74) is 3.59. The van der Waals surface area contributed by atoms with Crippen molar-refractivity contribution in [3.8, 4) is 11.3 Å². The van der Waals surface area contributed by atoms with Gasteiger partial charge >= 0.3 is 0 Å². The molecule has 0 spiro atoms. The van der Waals surface area contributed by atoms with Crippen molar-refractivity contribution in [1.82, 2.24) is 39.5 Å². The number of nitrogens with one attached hydrogen (secondary N) is 2. The summed E-state index contributed by atoms with van der Waals surface area (Å²) in [6.07, 6.45) is 6.48. The number of anilines is 1. The van der Waals surface area contributed by atoms with Crippen molar-refractivity contribution in [1.29, 1.82) is 0 Å². The Kier molecular flexibility index (Phi) is 5.17. The summed E-state index contributed by atoms with van der Waals surface area (Å²) in [5.74, 6) is -0.336. The molecule has 0 bridgehead atoms. The minimum absolute atomic E-state index is 0.0796. The van der Waals surface area contributed by atoms with Crippen molar-refractivity contribution < 1.29 is 14.0 Å². The Morgan fingerprint density at radius 2 is 2.00 bits per heavy atom. The fraction of sp³-hybridized carbons (Fsp3) is 0.182. The fourth-order valence-electron chi connectivity index (χ4n) is 3.56. The molecule has 5 aromatic rings. The molecular formula is C22H21N9O3. The molecule has 5 rings (SSSR count). The Hall–Kier alpha value is -4.74. The lowest BCUT2D eigenvalue weighted by atomic mass is 10.2. The van der Waals surface area contributed by atoms with Gasteiger partial charge in [-0.15, -0.1) is 0 Å². The maximum atomic E-state index is 13.0. The van der Waals surface area contributed by atoms with E-state index in [1.807, 2.05) is 20.0 Å². The average molecular weight is 459 g/mol. The Labute approximate surface area is 193 Å². The van der Waals surface area contributed by atoms with E-state index in [0.717, 1.165) is 17.0 Å². The molecule has 0 fully saturated rings. The maximum Gasteiger partial charge on any atom is 0.276 e. The molecule has 0 aromatic carbocycles. The number of furan rings is 1. The molecule has 0 saturated heterocycles. The van der Waals surface area contributed by atoms with Crippen molar-refractivity contribution in [2.75, 3.05) is 5.32 Å². The highest BCUT2D eigenvalue weighted by atomic mass is 16.3. The smallest absolute Gasteiger partial charge is 0.276 e. The Balaban J connectivity index is 1.40. The summed E-state index contributed by atoms with van der Waals surface area (Å²) in [6, 6.07) is 6.88. The van der Waals surface area contributed by atoms with Crippen molar-refractivity contribution >= 4 is 23.1 Å². The molecule has 0 aliphatic carbocycles. The van der Waals surface area contributed by atoms with Gasteiger partial charge in [0.25, 0.3) is 11.8 Å². The number of carbonyl (C=O) groups is 2. The van der Waals surface area contributed by atoms with E-state index in [0.29, 0.717) is 11.4 Å². The van der Waals surface area contributed by atoms with Gasteiger partial charge in [0.15, 0.2) is 17.0 Å². The van der Waals surface area contributed by atoms with E-state index in [4.69, 9.17) is 4.42 Å². The summed E-state index contributed by atoms with van der Waals surface area (Å²) in [7, 11) is 3.52. The van der Waals surface area contributed by atoms with Crippen LogP contribution in [0.25, 0.3) is 16.9 Å². The third-order valence-electron chi connectivity index (χ3n) is 5.40. The van der Waals surface area contributed by atoms with Gasteiger partial charge in [0.05, 0.1) is 30.4 Å². The number of hydrogen-bond donors (Lipinski definition) is 2. The molecule has 34 heavy (non-hydrogen) atoms. The lowest BCUT2D eigenvalue weighted by Gasteiger charge is -2.05. The number of carbonyl (C=O) groups excluding carboxylic acids is 2. The lowest BCUT2D eigenvalue weighted by molar-refractivity contribution is 0.0943. The molecule has 5 aromatic heterocycles. The average Bonchev–Trinajstić information content (AvgIpc) is 3.60. The monoisotopic (exact) mass is 459 g/mol. The highest BCUT2D eigenvalue weighted by Crippen LogP contribution is 2.23. The van der Waals surface area contributed by atoms with Crippen molar-refractivity contribution in [3.63, 3.8) is 0 Å². The highest BCUT2D eigenvalue weighted by Gasteiger charge is 2.21. The largest absolute Gasteiger partial charge is 0.467 e. The molecule has 0 aliphatic heterocycles. The summed E-state index contributed by atoms with van der Waals surface area (Å²) >= 11 is 0. The molecule has 12 heteroatoms. The van der Waals surface area contributed by atoms with Gasteiger partial charge in [0.1, 0.15) is 5.76 Å². The zero-order valence-electron chi connectivity index (χ0n) is 18.7. The maximum absolute atomic E-state index is 13.0. The quantitative estimate of drug-likeness (QED) is 0.396. The molecule has 12 nitrogen and oxygen atoms in total.